The van der Waals surface area contributed by atoms with Crippen LogP contribution in [0.25, 0.3) is 0 Å². The van der Waals surface area contributed by atoms with Gasteiger partial charge in [-0.25, -0.2) is 17.5 Å². The molecule has 0 saturated carbocycles. The lowest BCUT2D eigenvalue weighted by Gasteiger charge is -2.25. The second-order valence-corrected chi connectivity index (χ2v) is 10.7. The molecule has 0 spiro atoms. The molecule has 1 amide bonds. The third kappa shape index (κ3) is 7.46. The maximum Gasteiger partial charge on any atom is 0.254 e. The van der Waals surface area contributed by atoms with E-state index in [4.69, 9.17) is 0 Å². The second-order valence-electron chi connectivity index (χ2n) is 7.91. The van der Waals surface area contributed by atoms with Crippen molar-refractivity contribution in [2.75, 3.05) is 33.7 Å². The van der Waals surface area contributed by atoms with Crippen molar-refractivity contribution in [1.82, 2.24) is 14.5 Å². The minimum atomic E-state index is -3.66. The Morgan fingerprint density at radius 2 is 1.70 bits per heavy atom. The molecule has 0 fully saturated rings. The molecule has 3 aromatic rings. The van der Waals surface area contributed by atoms with Crippen LogP contribution in [0.5, 0.6) is 0 Å². The largest absolute Gasteiger partial charge is 0.333 e. The Morgan fingerprint density at radius 3 is 2.30 bits per heavy atom. The molecule has 1 aromatic heterocycles. The SMILES string of the molecule is CN(C)CCN(Cc1ccc(F)cc1)C(=O)c1ccc(S(=O)(=O)NCCc2cccs2)cc1. The molecule has 33 heavy (non-hydrogen) atoms. The van der Waals surface area contributed by atoms with Crippen LogP contribution < -0.4 is 4.72 Å². The fourth-order valence-corrected chi connectivity index (χ4v) is 4.93. The number of rotatable bonds is 11. The van der Waals surface area contributed by atoms with E-state index in [2.05, 4.69) is 4.72 Å². The van der Waals surface area contributed by atoms with E-state index in [1.165, 1.54) is 36.4 Å². The lowest BCUT2D eigenvalue weighted by Crippen LogP contribution is -2.36. The number of halogens is 1. The van der Waals surface area contributed by atoms with Crippen molar-refractivity contribution in [2.24, 2.45) is 0 Å². The van der Waals surface area contributed by atoms with Crippen LogP contribution in [0.15, 0.2) is 70.9 Å². The monoisotopic (exact) mass is 489 g/mol. The first kappa shape index (κ1) is 25.0. The Morgan fingerprint density at radius 1 is 1.00 bits per heavy atom. The number of likely N-dealkylation sites (N-methyl/N-ethyl adjacent to an activating group) is 1. The standard InChI is InChI=1S/C24H28FN3O3S2/c1-27(2)15-16-28(18-19-5-9-21(25)10-6-19)24(29)20-7-11-23(12-8-20)33(30,31)26-14-13-22-4-3-17-32-22/h3-12,17,26H,13-16,18H2,1-2H3. The predicted octanol–water partition coefficient (Wildman–Crippen LogP) is 3.61. The van der Waals surface area contributed by atoms with Gasteiger partial charge in [0.25, 0.3) is 5.91 Å². The molecule has 0 bridgehead atoms. The number of nitrogens with zero attached hydrogens (tertiary/aromatic N) is 2. The van der Waals surface area contributed by atoms with Gasteiger partial charge in [-0.05, 0) is 73.9 Å². The van der Waals surface area contributed by atoms with Gasteiger partial charge in [-0.3, -0.25) is 4.79 Å². The lowest BCUT2D eigenvalue weighted by molar-refractivity contribution is 0.0732. The molecule has 0 saturated heterocycles. The van der Waals surface area contributed by atoms with Crippen molar-refractivity contribution in [3.05, 3.63) is 87.9 Å². The number of amides is 1. The number of sulfonamides is 1. The van der Waals surface area contributed by atoms with E-state index < -0.39 is 10.0 Å². The maximum absolute atomic E-state index is 13.2. The summed E-state index contributed by atoms with van der Waals surface area (Å²) in [5, 5.41) is 1.96. The molecular weight excluding hydrogens is 461 g/mol. The summed E-state index contributed by atoms with van der Waals surface area (Å²) in [6.07, 6.45) is 0.623. The summed E-state index contributed by atoms with van der Waals surface area (Å²) in [7, 11) is 0.182. The Bertz CT molecular complexity index is 1130. The van der Waals surface area contributed by atoms with Crippen LogP contribution in [0.2, 0.25) is 0 Å². The first-order valence-corrected chi connectivity index (χ1v) is 12.9. The van der Waals surface area contributed by atoms with Crippen LogP contribution in [-0.4, -0.2) is 57.9 Å². The molecule has 9 heteroatoms. The highest BCUT2D eigenvalue weighted by molar-refractivity contribution is 7.89. The molecule has 0 aliphatic heterocycles. The van der Waals surface area contributed by atoms with Gasteiger partial charge >= 0.3 is 0 Å². The maximum atomic E-state index is 13.2. The van der Waals surface area contributed by atoms with Crippen LogP contribution >= 0.6 is 11.3 Å². The topological polar surface area (TPSA) is 69.7 Å². The molecule has 0 unspecified atom stereocenters. The molecule has 6 nitrogen and oxygen atoms in total. The normalized spacial score (nSPS) is 11.6. The molecule has 0 aliphatic rings. The number of carbonyl (C=O) groups excluding carboxylic acids is 1. The van der Waals surface area contributed by atoms with Gasteiger partial charge in [0.1, 0.15) is 5.82 Å². The number of thiophene rings is 1. The fraction of sp³-hybridized carbons (Fsp3) is 0.292. The van der Waals surface area contributed by atoms with Gasteiger partial charge in [0.05, 0.1) is 4.90 Å². The van der Waals surface area contributed by atoms with Crippen molar-refractivity contribution >= 4 is 27.3 Å². The Balaban J connectivity index is 1.68. The summed E-state index contributed by atoms with van der Waals surface area (Å²) in [5.41, 5.74) is 1.21. The molecule has 176 valence electrons. The van der Waals surface area contributed by atoms with Crippen LogP contribution in [0.4, 0.5) is 4.39 Å². The van der Waals surface area contributed by atoms with Gasteiger partial charge in [-0.2, -0.15) is 0 Å². The smallest absolute Gasteiger partial charge is 0.254 e. The minimum Gasteiger partial charge on any atom is -0.333 e. The van der Waals surface area contributed by atoms with Crippen LogP contribution in [-0.2, 0) is 23.0 Å². The molecule has 0 atom stereocenters. The van der Waals surface area contributed by atoms with Gasteiger partial charge in [-0.1, -0.05) is 18.2 Å². The van der Waals surface area contributed by atoms with Crippen molar-refractivity contribution in [1.29, 1.82) is 0 Å². The summed E-state index contributed by atoms with van der Waals surface area (Å²) in [6, 6.07) is 15.9. The van der Waals surface area contributed by atoms with E-state index in [1.807, 2.05) is 36.5 Å². The predicted molar refractivity (Wildman–Crippen MR) is 129 cm³/mol. The molecule has 1 heterocycles. The van der Waals surface area contributed by atoms with E-state index in [0.717, 1.165) is 10.4 Å². The van der Waals surface area contributed by atoms with Crippen LogP contribution in [0.3, 0.4) is 0 Å². The first-order valence-electron chi connectivity index (χ1n) is 10.5. The first-order chi connectivity index (χ1) is 15.7. The summed E-state index contributed by atoms with van der Waals surface area (Å²) in [5.74, 6) is -0.540. The quantitative estimate of drug-likeness (QED) is 0.447. The van der Waals surface area contributed by atoms with Crippen molar-refractivity contribution < 1.29 is 17.6 Å². The molecule has 0 radical (unpaired) electrons. The van der Waals surface area contributed by atoms with Crippen LogP contribution in [0, 0.1) is 5.82 Å². The van der Waals surface area contributed by atoms with E-state index in [1.54, 1.807) is 28.4 Å². The zero-order chi connectivity index (χ0) is 23.8. The van der Waals surface area contributed by atoms with Gasteiger partial charge in [0, 0.05) is 36.6 Å². The van der Waals surface area contributed by atoms with E-state index >= 15 is 0 Å². The molecule has 3 rings (SSSR count). The highest BCUT2D eigenvalue weighted by Crippen LogP contribution is 2.15. The number of nitrogens with one attached hydrogen (secondary N) is 1. The molecular formula is C24H28FN3O3S2. The number of carbonyl (C=O) groups is 1. The average molecular weight is 490 g/mol. The number of hydrogen-bond acceptors (Lipinski definition) is 5. The highest BCUT2D eigenvalue weighted by Gasteiger charge is 2.19. The van der Waals surface area contributed by atoms with Gasteiger partial charge in [0.2, 0.25) is 10.0 Å². The van der Waals surface area contributed by atoms with Gasteiger partial charge < -0.3 is 9.80 Å². The Hall–Kier alpha value is -2.59. The summed E-state index contributed by atoms with van der Waals surface area (Å²) < 4.78 is 41.0. The zero-order valence-corrected chi connectivity index (χ0v) is 20.3. The molecule has 1 N–H and O–H groups in total. The zero-order valence-electron chi connectivity index (χ0n) is 18.7. The second kappa shape index (κ2) is 11.5. The van der Waals surface area contributed by atoms with Crippen molar-refractivity contribution in [3.8, 4) is 0 Å². The minimum absolute atomic E-state index is 0.114. The average Bonchev–Trinajstić information content (AvgIpc) is 3.31. The van der Waals surface area contributed by atoms with E-state index in [-0.39, 0.29) is 16.6 Å². The number of hydrogen-bond donors (Lipinski definition) is 1. The third-order valence-corrected chi connectivity index (χ3v) is 7.46. The lowest BCUT2D eigenvalue weighted by atomic mass is 10.1. The van der Waals surface area contributed by atoms with Crippen molar-refractivity contribution in [3.63, 3.8) is 0 Å². The third-order valence-electron chi connectivity index (χ3n) is 5.05. The van der Waals surface area contributed by atoms with Gasteiger partial charge in [0.15, 0.2) is 0 Å². The van der Waals surface area contributed by atoms with Crippen molar-refractivity contribution in [2.45, 2.75) is 17.9 Å². The number of benzene rings is 2. The summed E-state index contributed by atoms with van der Waals surface area (Å²) in [6.45, 7) is 1.78. The van der Waals surface area contributed by atoms with E-state index in [0.29, 0.717) is 38.2 Å². The van der Waals surface area contributed by atoms with Crippen LogP contribution in [0.1, 0.15) is 20.8 Å². The van der Waals surface area contributed by atoms with Gasteiger partial charge in [-0.15, -0.1) is 11.3 Å². The summed E-state index contributed by atoms with van der Waals surface area (Å²) >= 11 is 1.59. The molecule has 2 aromatic carbocycles. The Labute approximate surface area is 198 Å². The highest BCUT2D eigenvalue weighted by atomic mass is 32.2. The Kier molecular flexibility index (Phi) is 8.74. The van der Waals surface area contributed by atoms with E-state index in [9.17, 15) is 17.6 Å². The molecule has 0 aliphatic carbocycles. The summed E-state index contributed by atoms with van der Waals surface area (Å²) in [4.78, 5) is 18.0. The fourth-order valence-electron chi connectivity index (χ4n) is 3.19.